The topological polar surface area (TPSA) is 21.3 Å². The lowest BCUT2D eigenvalue weighted by Crippen LogP contribution is -2.22. The predicted octanol–water partition coefficient (Wildman–Crippen LogP) is 6.17. The molecule has 0 saturated carbocycles. The molecule has 1 atom stereocenters. The standard InChI is InChI=1S/C19H23Cl2NO/c1-13(12-22-18-10-7-15(20)11-17(18)21)23-16-8-5-14(6-9-16)19(2,3)4/h5-11,13,22H,12H2,1-4H3. The molecule has 0 amide bonds. The van der Waals surface area contributed by atoms with E-state index in [4.69, 9.17) is 27.9 Å². The van der Waals surface area contributed by atoms with Gasteiger partial charge < -0.3 is 10.1 Å². The van der Waals surface area contributed by atoms with Crippen LogP contribution in [0.5, 0.6) is 5.75 Å². The van der Waals surface area contributed by atoms with Gasteiger partial charge in [-0.15, -0.1) is 0 Å². The Labute approximate surface area is 148 Å². The number of hydrogen-bond acceptors (Lipinski definition) is 2. The summed E-state index contributed by atoms with van der Waals surface area (Å²) < 4.78 is 5.94. The zero-order valence-corrected chi connectivity index (χ0v) is 15.5. The van der Waals surface area contributed by atoms with Crippen molar-refractivity contribution in [1.29, 1.82) is 0 Å². The van der Waals surface area contributed by atoms with E-state index in [0.717, 1.165) is 11.4 Å². The molecule has 1 unspecified atom stereocenters. The molecule has 0 spiro atoms. The lowest BCUT2D eigenvalue weighted by Gasteiger charge is -2.20. The largest absolute Gasteiger partial charge is 0.489 e. The van der Waals surface area contributed by atoms with Gasteiger partial charge in [0.25, 0.3) is 0 Å². The van der Waals surface area contributed by atoms with Crippen molar-refractivity contribution in [2.75, 3.05) is 11.9 Å². The molecule has 0 bridgehead atoms. The maximum Gasteiger partial charge on any atom is 0.119 e. The lowest BCUT2D eigenvalue weighted by molar-refractivity contribution is 0.234. The van der Waals surface area contributed by atoms with Crippen molar-refractivity contribution >= 4 is 28.9 Å². The number of nitrogens with one attached hydrogen (secondary N) is 1. The van der Waals surface area contributed by atoms with Gasteiger partial charge in [-0.25, -0.2) is 0 Å². The summed E-state index contributed by atoms with van der Waals surface area (Å²) in [5, 5.41) is 4.52. The van der Waals surface area contributed by atoms with Crippen LogP contribution in [0.2, 0.25) is 10.0 Å². The molecule has 0 fully saturated rings. The Morgan fingerprint density at radius 1 is 1.04 bits per heavy atom. The zero-order valence-electron chi connectivity index (χ0n) is 14.0. The van der Waals surface area contributed by atoms with Gasteiger partial charge >= 0.3 is 0 Å². The summed E-state index contributed by atoms with van der Waals surface area (Å²) in [6.07, 6.45) is 0.0160. The molecule has 0 aliphatic heterocycles. The Hall–Kier alpha value is -1.38. The van der Waals surface area contributed by atoms with Gasteiger partial charge in [-0.1, -0.05) is 56.1 Å². The number of hydrogen-bond donors (Lipinski definition) is 1. The van der Waals surface area contributed by atoms with Crippen LogP contribution in [0.25, 0.3) is 0 Å². The highest BCUT2D eigenvalue weighted by molar-refractivity contribution is 6.36. The van der Waals surface area contributed by atoms with E-state index < -0.39 is 0 Å². The first-order valence-corrected chi connectivity index (χ1v) is 8.47. The molecule has 2 rings (SSSR count). The third-order valence-corrected chi connectivity index (χ3v) is 4.12. The summed E-state index contributed by atoms with van der Waals surface area (Å²) in [6, 6.07) is 13.7. The van der Waals surface area contributed by atoms with Crippen molar-refractivity contribution in [2.45, 2.75) is 39.2 Å². The maximum absolute atomic E-state index is 6.15. The highest BCUT2D eigenvalue weighted by atomic mass is 35.5. The molecular weight excluding hydrogens is 329 g/mol. The van der Waals surface area contributed by atoms with Crippen LogP contribution in [0.1, 0.15) is 33.3 Å². The van der Waals surface area contributed by atoms with Gasteiger partial charge in [0, 0.05) is 5.02 Å². The third kappa shape index (κ3) is 5.33. The molecule has 0 aliphatic carbocycles. The van der Waals surface area contributed by atoms with Crippen LogP contribution >= 0.6 is 23.2 Å². The molecule has 0 aliphatic rings. The molecule has 2 aromatic rings. The molecule has 0 radical (unpaired) electrons. The van der Waals surface area contributed by atoms with E-state index in [-0.39, 0.29) is 11.5 Å². The second-order valence-corrected chi connectivity index (χ2v) is 7.55. The number of benzene rings is 2. The minimum atomic E-state index is 0.0160. The fourth-order valence-electron chi connectivity index (χ4n) is 2.19. The van der Waals surface area contributed by atoms with Gasteiger partial charge in [-0.05, 0) is 48.2 Å². The molecular formula is C19H23Cl2NO. The van der Waals surface area contributed by atoms with Gasteiger partial charge in [0.2, 0.25) is 0 Å². The van der Waals surface area contributed by atoms with Crippen molar-refractivity contribution in [2.24, 2.45) is 0 Å². The Morgan fingerprint density at radius 3 is 2.26 bits per heavy atom. The van der Waals surface area contributed by atoms with Crippen molar-refractivity contribution in [3.8, 4) is 5.75 Å². The molecule has 4 heteroatoms. The van der Waals surface area contributed by atoms with Crippen molar-refractivity contribution in [3.05, 3.63) is 58.1 Å². The summed E-state index contributed by atoms with van der Waals surface area (Å²) >= 11 is 12.0. The van der Waals surface area contributed by atoms with E-state index in [1.807, 2.05) is 31.2 Å². The van der Waals surface area contributed by atoms with Gasteiger partial charge in [-0.3, -0.25) is 0 Å². The second-order valence-electron chi connectivity index (χ2n) is 6.71. The van der Waals surface area contributed by atoms with E-state index in [0.29, 0.717) is 16.6 Å². The fraction of sp³-hybridized carbons (Fsp3) is 0.368. The summed E-state index contributed by atoms with van der Waals surface area (Å²) in [5.41, 5.74) is 2.30. The average molecular weight is 352 g/mol. The van der Waals surface area contributed by atoms with E-state index in [2.05, 4.69) is 38.2 Å². The first-order valence-electron chi connectivity index (χ1n) is 7.72. The SMILES string of the molecule is CC(CNc1ccc(Cl)cc1Cl)Oc1ccc(C(C)(C)C)cc1. The molecule has 0 saturated heterocycles. The van der Waals surface area contributed by atoms with Crippen LogP contribution in [-0.4, -0.2) is 12.6 Å². The molecule has 0 aromatic heterocycles. The summed E-state index contributed by atoms with van der Waals surface area (Å²) in [6.45, 7) is 9.28. The van der Waals surface area contributed by atoms with E-state index in [9.17, 15) is 0 Å². The molecule has 124 valence electrons. The van der Waals surface area contributed by atoms with Gasteiger partial charge in [0.1, 0.15) is 11.9 Å². The summed E-state index contributed by atoms with van der Waals surface area (Å²) in [7, 11) is 0. The van der Waals surface area contributed by atoms with E-state index in [1.165, 1.54) is 5.56 Å². The van der Waals surface area contributed by atoms with E-state index >= 15 is 0 Å². The number of anilines is 1. The number of rotatable bonds is 5. The molecule has 2 nitrogen and oxygen atoms in total. The Bertz CT molecular complexity index is 647. The number of halogens is 2. The monoisotopic (exact) mass is 351 g/mol. The first kappa shape index (κ1) is 18.0. The van der Waals surface area contributed by atoms with Crippen molar-refractivity contribution in [1.82, 2.24) is 0 Å². The first-order chi connectivity index (χ1) is 10.8. The maximum atomic E-state index is 6.15. The zero-order chi connectivity index (χ0) is 17.0. The fourth-order valence-corrected chi connectivity index (χ4v) is 2.67. The summed E-state index contributed by atoms with van der Waals surface area (Å²) in [5.74, 6) is 0.870. The Balaban J connectivity index is 1.90. The molecule has 1 N–H and O–H groups in total. The number of ether oxygens (including phenoxy) is 1. The predicted molar refractivity (Wildman–Crippen MR) is 100 cm³/mol. The highest BCUT2D eigenvalue weighted by Gasteiger charge is 2.13. The van der Waals surface area contributed by atoms with Gasteiger partial charge in [-0.2, -0.15) is 0 Å². The highest BCUT2D eigenvalue weighted by Crippen LogP contribution is 2.26. The molecule has 2 aromatic carbocycles. The molecule has 0 heterocycles. The second kappa shape index (κ2) is 7.46. The van der Waals surface area contributed by atoms with Crippen LogP contribution in [0.4, 0.5) is 5.69 Å². The van der Waals surface area contributed by atoms with Crippen LogP contribution in [0, 0.1) is 0 Å². The quantitative estimate of drug-likeness (QED) is 0.695. The van der Waals surface area contributed by atoms with Crippen LogP contribution in [0.15, 0.2) is 42.5 Å². The van der Waals surface area contributed by atoms with Gasteiger partial charge in [0.05, 0.1) is 17.3 Å². The van der Waals surface area contributed by atoms with Crippen LogP contribution in [0.3, 0.4) is 0 Å². The van der Waals surface area contributed by atoms with Gasteiger partial charge in [0.15, 0.2) is 0 Å². The Morgan fingerprint density at radius 2 is 1.70 bits per heavy atom. The average Bonchev–Trinajstić information content (AvgIpc) is 2.46. The minimum absolute atomic E-state index is 0.0160. The van der Waals surface area contributed by atoms with E-state index in [1.54, 1.807) is 6.07 Å². The van der Waals surface area contributed by atoms with Crippen LogP contribution < -0.4 is 10.1 Å². The van der Waals surface area contributed by atoms with Crippen molar-refractivity contribution < 1.29 is 4.74 Å². The normalized spacial score (nSPS) is 12.8. The molecule has 23 heavy (non-hydrogen) atoms. The minimum Gasteiger partial charge on any atom is -0.489 e. The Kier molecular flexibility index (Phi) is 5.83. The third-order valence-electron chi connectivity index (χ3n) is 3.57. The summed E-state index contributed by atoms with van der Waals surface area (Å²) in [4.78, 5) is 0. The lowest BCUT2D eigenvalue weighted by atomic mass is 9.87. The smallest absolute Gasteiger partial charge is 0.119 e. The van der Waals surface area contributed by atoms with Crippen molar-refractivity contribution in [3.63, 3.8) is 0 Å². The van der Waals surface area contributed by atoms with Crippen LogP contribution in [-0.2, 0) is 5.41 Å².